The molecule has 2 aromatic heterocycles. The fourth-order valence-corrected chi connectivity index (χ4v) is 3.31. The normalized spacial score (nSPS) is 16.1. The van der Waals surface area contributed by atoms with Crippen LogP contribution in [0.2, 0.25) is 0 Å². The van der Waals surface area contributed by atoms with Crippen molar-refractivity contribution >= 4 is 27.6 Å². The minimum absolute atomic E-state index is 1.09. The van der Waals surface area contributed by atoms with Gasteiger partial charge in [-0.15, -0.1) is 0 Å². The molecule has 4 rings (SSSR count). The molecule has 20 heavy (non-hydrogen) atoms. The van der Waals surface area contributed by atoms with Crippen molar-refractivity contribution in [3.05, 3.63) is 36.0 Å². The van der Waals surface area contributed by atoms with Crippen molar-refractivity contribution in [2.75, 3.05) is 18.0 Å². The summed E-state index contributed by atoms with van der Waals surface area (Å²) in [6.45, 7) is 4.34. The van der Waals surface area contributed by atoms with Crippen molar-refractivity contribution in [1.29, 1.82) is 0 Å². The first kappa shape index (κ1) is 11.8. The van der Waals surface area contributed by atoms with Gasteiger partial charge in [0.15, 0.2) is 0 Å². The largest absolute Gasteiger partial charge is 0.356 e. The molecule has 3 heteroatoms. The summed E-state index contributed by atoms with van der Waals surface area (Å²) >= 11 is 0. The monoisotopic (exact) mass is 265 g/mol. The summed E-state index contributed by atoms with van der Waals surface area (Å²) in [5.74, 6) is 1.16. The number of fused-ring (bicyclic) bond motifs is 3. The zero-order valence-electron chi connectivity index (χ0n) is 11.8. The highest BCUT2D eigenvalue weighted by atomic mass is 15.2. The highest BCUT2D eigenvalue weighted by Crippen LogP contribution is 2.33. The summed E-state index contributed by atoms with van der Waals surface area (Å²) in [7, 11) is 0. The number of nitrogens with zero attached hydrogens (tertiary/aromatic N) is 2. The maximum Gasteiger partial charge on any atom is 0.138 e. The second-order valence-electron chi connectivity index (χ2n) is 5.73. The van der Waals surface area contributed by atoms with Gasteiger partial charge in [-0.2, -0.15) is 0 Å². The number of benzene rings is 1. The van der Waals surface area contributed by atoms with Crippen LogP contribution >= 0.6 is 0 Å². The third-order valence-corrected chi connectivity index (χ3v) is 4.25. The van der Waals surface area contributed by atoms with Crippen molar-refractivity contribution < 1.29 is 0 Å². The number of aryl methyl sites for hydroxylation is 1. The van der Waals surface area contributed by atoms with Crippen molar-refractivity contribution in [3.63, 3.8) is 0 Å². The van der Waals surface area contributed by atoms with E-state index in [1.54, 1.807) is 0 Å². The van der Waals surface area contributed by atoms with E-state index in [4.69, 9.17) is 4.98 Å². The van der Waals surface area contributed by atoms with Crippen LogP contribution in [-0.4, -0.2) is 23.1 Å². The van der Waals surface area contributed by atoms with E-state index < -0.39 is 0 Å². The predicted octanol–water partition coefficient (Wildman–Crippen LogP) is 4.01. The Morgan fingerprint density at radius 2 is 1.85 bits per heavy atom. The second kappa shape index (κ2) is 4.51. The van der Waals surface area contributed by atoms with Gasteiger partial charge in [-0.25, -0.2) is 4.98 Å². The Bertz CT molecular complexity index is 766. The summed E-state index contributed by atoms with van der Waals surface area (Å²) in [6, 6.07) is 10.7. The van der Waals surface area contributed by atoms with Crippen LogP contribution in [0.25, 0.3) is 21.8 Å². The number of nitrogens with one attached hydrogen (secondary N) is 1. The lowest BCUT2D eigenvalue weighted by molar-refractivity contribution is 0.574. The van der Waals surface area contributed by atoms with Crippen molar-refractivity contribution in [1.82, 2.24) is 9.97 Å². The van der Waals surface area contributed by atoms with Gasteiger partial charge in [-0.05, 0) is 38.3 Å². The number of hydrogen-bond donors (Lipinski definition) is 1. The SMILES string of the molecule is Cc1cc2[nH]c3ccccc3c2c(N2CCCCC2)n1. The zero-order chi connectivity index (χ0) is 13.5. The van der Waals surface area contributed by atoms with Crippen molar-refractivity contribution in [2.45, 2.75) is 26.2 Å². The number of rotatable bonds is 1. The van der Waals surface area contributed by atoms with Gasteiger partial charge in [0.05, 0.1) is 5.52 Å². The van der Waals surface area contributed by atoms with Gasteiger partial charge in [0.1, 0.15) is 5.82 Å². The third-order valence-electron chi connectivity index (χ3n) is 4.25. The first-order valence-electron chi connectivity index (χ1n) is 7.46. The standard InChI is InChI=1S/C17H19N3/c1-12-11-15-16(13-7-3-4-8-14(13)19-15)17(18-12)20-9-5-2-6-10-20/h3-4,7-8,11,19H,2,5-6,9-10H2,1H3. The number of pyridine rings is 1. The van der Waals surface area contributed by atoms with E-state index in [0.717, 1.165) is 24.6 Å². The highest BCUT2D eigenvalue weighted by molar-refractivity contribution is 6.12. The van der Waals surface area contributed by atoms with Crippen LogP contribution in [0.4, 0.5) is 5.82 Å². The fraction of sp³-hybridized carbons (Fsp3) is 0.353. The Morgan fingerprint density at radius 1 is 1.05 bits per heavy atom. The molecular weight excluding hydrogens is 246 g/mol. The average molecular weight is 265 g/mol. The van der Waals surface area contributed by atoms with Gasteiger partial charge < -0.3 is 9.88 Å². The zero-order valence-corrected chi connectivity index (χ0v) is 11.8. The van der Waals surface area contributed by atoms with Gasteiger partial charge in [-0.1, -0.05) is 18.2 Å². The van der Waals surface area contributed by atoms with Gasteiger partial charge in [-0.3, -0.25) is 0 Å². The van der Waals surface area contributed by atoms with Crippen LogP contribution in [0.5, 0.6) is 0 Å². The Labute approximate surface area is 118 Å². The van der Waals surface area contributed by atoms with Crippen LogP contribution in [-0.2, 0) is 0 Å². The molecule has 1 aliphatic heterocycles. The van der Waals surface area contributed by atoms with Gasteiger partial charge >= 0.3 is 0 Å². The maximum absolute atomic E-state index is 4.85. The smallest absolute Gasteiger partial charge is 0.138 e. The highest BCUT2D eigenvalue weighted by Gasteiger charge is 2.18. The van der Waals surface area contributed by atoms with E-state index in [1.807, 2.05) is 0 Å². The third kappa shape index (κ3) is 1.77. The molecule has 102 valence electrons. The summed E-state index contributed by atoms with van der Waals surface area (Å²) in [5.41, 5.74) is 3.50. The van der Waals surface area contributed by atoms with Gasteiger partial charge in [0, 0.05) is 35.1 Å². The lowest BCUT2D eigenvalue weighted by atomic mass is 10.1. The van der Waals surface area contributed by atoms with E-state index in [2.05, 4.69) is 47.1 Å². The number of para-hydroxylation sites is 1. The van der Waals surface area contributed by atoms with Crippen LogP contribution in [0, 0.1) is 6.92 Å². The summed E-state index contributed by atoms with van der Waals surface area (Å²) in [4.78, 5) is 10.8. The van der Waals surface area contributed by atoms with E-state index in [0.29, 0.717) is 0 Å². The maximum atomic E-state index is 4.85. The van der Waals surface area contributed by atoms with E-state index >= 15 is 0 Å². The Hall–Kier alpha value is -2.03. The fourth-order valence-electron chi connectivity index (χ4n) is 3.31. The minimum Gasteiger partial charge on any atom is -0.356 e. The van der Waals surface area contributed by atoms with E-state index in [9.17, 15) is 0 Å². The summed E-state index contributed by atoms with van der Waals surface area (Å²) < 4.78 is 0. The average Bonchev–Trinajstić information content (AvgIpc) is 2.85. The molecule has 0 bridgehead atoms. The Kier molecular flexibility index (Phi) is 2.66. The number of aromatic amines is 1. The van der Waals surface area contributed by atoms with Crippen LogP contribution in [0.15, 0.2) is 30.3 Å². The van der Waals surface area contributed by atoms with E-state index in [-0.39, 0.29) is 0 Å². The quantitative estimate of drug-likeness (QED) is 0.720. The first-order chi connectivity index (χ1) is 9.83. The second-order valence-corrected chi connectivity index (χ2v) is 5.73. The Balaban J connectivity index is 2.02. The minimum atomic E-state index is 1.09. The van der Waals surface area contributed by atoms with E-state index in [1.165, 1.54) is 41.1 Å². The Morgan fingerprint density at radius 3 is 2.70 bits per heavy atom. The molecule has 1 aromatic carbocycles. The van der Waals surface area contributed by atoms with Crippen LogP contribution in [0.1, 0.15) is 25.0 Å². The molecule has 0 saturated carbocycles. The summed E-state index contributed by atoms with van der Waals surface area (Å²) in [5, 5.41) is 2.57. The van der Waals surface area contributed by atoms with Gasteiger partial charge in [0.25, 0.3) is 0 Å². The number of piperidine rings is 1. The predicted molar refractivity (Wildman–Crippen MR) is 84.4 cm³/mol. The molecule has 0 amide bonds. The molecule has 0 aliphatic carbocycles. The number of hydrogen-bond acceptors (Lipinski definition) is 2. The molecule has 0 spiro atoms. The molecular formula is C17H19N3. The lowest BCUT2D eigenvalue weighted by Gasteiger charge is -2.28. The van der Waals surface area contributed by atoms with Gasteiger partial charge in [0.2, 0.25) is 0 Å². The van der Waals surface area contributed by atoms with Crippen LogP contribution in [0.3, 0.4) is 0 Å². The molecule has 3 heterocycles. The molecule has 1 aliphatic rings. The first-order valence-corrected chi connectivity index (χ1v) is 7.46. The summed E-state index contributed by atoms with van der Waals surface area (Å²) in [6.07, 6.45) is 3.90. The van der Waals surface area contributed by atoms with Crippen molar-refractivity contribution in [2.24, 2.45) is 0 Å². The molecule has 1 saturated heterocycles. The molecule has 1 N–H and O–H groups in total. The molecule has 1 fully saturated rings. The number of H-pyrrole nitrogens is 1. The molecule has 0 radical (unpaired) electrons. The topological polar surface area (TPSA) is 31.9 Å². The van der Waals surface area contributed by atoms with Crippen LogP contribution < -0.4 is 4.90 Å². The molecule has 3 aromatic rings. The molecule has 0 unspecified atom stereocenters. The molecule has 3 nitrogen and oxygen atoms in total. The number of aromatic nitrogens is 2. The lowest BCUT2D eigenvalue weighted by Crippen LogP contribution is -2.30. The number of anilines is 1. The molecule has 0 atom stereocenters. The van der Waals surface area contributed by atoms with Crippen molar-refractivity contribution in [3.8, 4) is 0 Å².